The highest BCUT2D eigenvalue weighted by molar-refractivity contribution is 6.34. The van der Waals surface area contributed by atoms with Crippen molar-refractivity contribution >= 4 is 22.6 Å². The lowest BCUT2D eigenvalue weighted by Crippen LogP contribution is -2.04. The van der Waals surface area contributed by atoms with Crippen LogP contribution in [0.2, 0.25) is 5.15 Å². The quantitative estimate of drug-likeness (QED) is 0.682. The van der Waals surface area contributed by atoms with Gasteiger partial charge in [0.25, 0.3) is 0 Å². The molecule has 0 aliphatic carbocycles. The molecule has 2 heterocycles. The normalized spacial score (nSPS) is 13.5. The maximum atomic E-state index is 5.92. The predicted molar refractivity (Wildman–Crippen MR) is 51.5 cm³/mol. The lowest BCUT2D eigenvalue weighted by atomic mass is 10.1. The van der Waals surface area contributed by atoms with E-state index >= 15 is 0 Å². The number of nitrogens with one attached hydrogen (secondary N) is 1. The van der Waals surface area contributed by atoms with Crippen LogP contribution in [0.3, 0.4) is 0 Å². The van der Waals surface area contributed by atoms with Gasteiger partial charge in [-0.2, -0.15) is 0 Å². The van der Waals surface area contributed by atoms with E-state index in [9.17, 15) is 0 Å². The van der Waals surface area contributed by atoms with Crippen LogP contribution in [0.4, 0.5) is 0 Å². The van der Waals surface area contributed by atoms with E-state index in [1.807, 2.05) is 13.1 Å². The van der Waals surface area contributed by atoms with Crippen LogP contribution in [-0.4, -0.2) is 15.0 Å². The second-order valence-electron chi connectivity index (χ2n) is 2.92. The van der Waals surface area contributed by atoms with Crippen molar-refractivity contribution in [1.82, 2.24) is 15.0 Å². The number of hydrogen-bond donors (Lipinski definition) is 2. The van der Waals surface area contributed by atoms with Gasteiger partial charge >= 0.3 is 0 Å². The summed E-state index contributed by atoms with van der Waals surface area (Å²) in [6.45, 7) is 1.89. The van der Waals surface area contributed by atoms with Crippen molar-refractivity contribution in [1.29, 1.82) is 0 Å². The summed E-state index contributed by atoms with van der Waals surface area (Å²) in [4.78, 5) is 10.9. The summed E-state index contributed by atoms with van der Waals surface area (Å²) in [5.74, 6) is 0. The van der Waals surface area contributed by atoms with Crippen LogP contribution < -0.4 is 5.73 Å². The van der Waals surface area contributed by atoms with Crippen molar-refractivity contribution in [3.63, 3.8) is 0 Å². The second-order valence-corrected chi connectivity index (χ2v) is 3.28. The summed E-state index contributed by atoms with van der Waals surface area (Å²) in [6.07, 6.45) is 3.24. The highest BCUT2D eigenvalue weighted by atomic mass is 35.5. The molecule has 2 aromatic heterocycles. The van der Waals surface area contributed by atoms with Gasteiger partial charge in [-0.05, 0) is 12.5 Å². The van der Waals surface area contributed by atoms with Gasteiger partial charge in [-0.25, -0.2) is 9.97 Å². The molecule has 0 saturated heterocycles. The predicted octanol–water partition coefficient (Wildman–Crippen LogP) is 1.63. The number of aromatic amines is 1. The van der Waals surface area contributed by atoms with E-state index in [1.54, 1.807) is 0 Å². The molecule has 0 saturated carbocycles. The first-order chi connectivity index (χ1) is 6.20. The molecule has 0 aliphatic rings. The molecule has 0 radical (unpaired) electrons. The zero-order valence-electron chi connectivity index (χ0n) is 7.08. The van der Waals surface area contributed by atoms with Crippen molar-refractivity contribution in [3.8, 4) is 0 Å². The summed E-state index contributed by atoms with van der Waals surface area (Å²) in [5.41, 5.74) is 7.43. The Kier molecular flexibility index (Phi) is 1.94. The van der Waals surface area contributed by atoms with E-state index in [0.29, 0.717) is 5.15 Å². The smallest absolute Gasteiger partial charge is 0.142 e. The number of halogens is 1. The fourth-order valence-electron chi connectivity index (χ4n) is 1.31. The molecule has 0 bridgehead atoms. The maximum absolute atomic E-state index is 5.92. The van der Waals surface area contributed by atoms with Crippen molar-refractivity contribution in [2.45, 2.75) is 13.0 Å². The minimum Gasteiger partial charge on any atom is -0.346 e. The Morgan fingerprint density at radius 1 is 1.54 bits per heavy atom. The first-order valence-corrected chi connectivity index (χ1v) is 4.31. The molecular weight excluding hydrogens is 188 g/mol. The van der Waals surface area contributed by atoms with E-state index in [4.69, 9.17) is 17.3 Å². The van der Waals surface area contributed by atoms with Gasteiger partial charge in [0.2, 0.25) is 0 Å². The van der Waals surface area contributed by atoms with Gasteiger partial charge in [0.15, 0.2) is 0 Å². The molecule has 13 heavy (non-hydrogen) atoms. The van der Waals surface area contributed by atoms with Crippen LogP contribution in [0.15, 0.2) is 12.5 Å². The molecule has 0 unspecified atom stereocenters. The lowest BCUT2D eigenvalue weighted by Gasteiger charge is -2.02. The van der Waals surface area contributed by atoms with Crippen molar-refractivity contribution < 1.29 is 0 Å². The van der Waals surface area contributed by atoms with Crippen molar-refractivity contribution in [2.24, 2.45) is 5.73 Å². The Hall–Kier alpha value is -1.13. The van der Waals surface area contributed by atoms with E-state index in [2.05, 4.69) is 15.0 Å². The molecule has 68 valence electrons. The lowest BCUT2D eigenvalue weighted by molar-refractivity contribution is 0.826. The molecule has 0 spiro atoms. The van der Waals surface area contributed by atoms with Crippen LogP contribution in [0.1, 0.15) is 18.5 Å². The van der Waals surface area contributed by atoms with Crippen LogP contribution >= 0.6 is 11.6 Å². The molecule has 0 amide bonds. The fraction of sp³-hybridized carbons (Fsp3) is 0.250. The highest BCUT2D eigenvalue weighted by Gasteiger charge is 2.11. The summed E-state index contributed by atoms with van der Waals surface area (Å²) in [5, 5.41) is 1.26. The van der Waals surface area contributed by atoms with Gasteiger partial charge in [-0.3, -0.25) is 0 Å². The molecule has 2 rings (SSSR count). The Morgan fingerprint density at radius 3 is 3.00 bits per heavy atom. The van der Waals surface area contributed by atoms with Gasteiger partial charge < -0.3 is 10.7 Å². The molecule has 2 aromatic rings. The molecule has 5 heteroatoms. The molecule has 1 atom stereocenters. The highest BCUT2D eigenvalue weighted by Crippen LogP contribution is 2.26. The van der Waals surface area contributed by atoms with Crippen molar-refractivity contribution in [3.05, 3.63) is 23.2 Å². The Balaban J connectivity index is 2.79. The minimum atomic E-state index is -0.0720. The third-order valence-electron chi connectivity index (χ3n) is 1.94. The van der Waals surface area contributed by atoms with Gasteiger partial charge in [0.05, 0.1) is 5.39 Å². The minimum absolute atomic E-state index is 0.0720. The first-order valence-electron chi connectivity index (χ1n) is 3.93. The third-order valence-corrected chi connectivity index (χ3v) is 2.23. The number of fused-ring (bicyclic) bond motifs is 1. The first kappa shape index (κ1) is 8.47. The van der Waals surface area contributed by atoms with Crippen molar-refractivity contribution in [2.75, 3.05) is 0 Å². The second kappa shape index (κ2) is 2.97. The van der Waals surface area contributed by atoms with Gasteiger partial charge in [-0.1, -0.05) is 11.6 Å². The Labute approximate surface area is 80.1 Å². The largest absolute Gasteiger partial charge is 0.346 e. The zero-order chi connectivity index (χ0) is 9.42. The number of H-pyrrole nitrogens is 1. The number of nitrogens with zero attached hydrogens (tertiary/aromatic N) is 2. The van der Waals surface area contributed by atoms with E-state index in [0.717, 1.165) is 16.6 Å². The summed E-state index contributed by atoms with van der Waals surface area (Å²) in [7, 11) is 0. The summed E-state index contributed by atoms with van der Waals surface area (Å²) in [6, 6.07) is -0.0720. The van der Waals surface area contributed by atoms with Crippen LogP contribution in [-0.2, 0) is 0 Å². The van der Waals surface area contributed by atoms with Crippen LogP contribution in [0.25, 0.3) is 11.0 Å². The molecule has 4 nitrogen and oxygen atoms in total. The van der Waals surface area contributed by atoms with Gasteiger partial charge in [-0.15, -0.1) is 0 Å². The maximum Gasteiger partial charge on any atom is 0.142 e. The number of nitrogens with two attached hydrogens (primary N) is 1. The fourth-order valence-corrected chi connectivity index (χ4v) is 1.55. The molecule has 0 aliphatic heterocycles. The van der Waals surface area contributed by atoms with E-state index in [1.165, 1.54) is 6.33 Å². The molecular formula is C8H9ClN4. The number of rotatable bonds is 1. The standard InChI is InChI=1S/C8H9ClN4/c1-4(10)5-2-11-8-6(5)7(9)12-3-13-8/h2-4H,10H2,1H3,(H,11,12,13)/t4-/m0/s1. The van der Waals surface area contributed by atoms with Crippen LogP contribution in [0, 0.1) is 0 Å². The van der Waals surface area contributed by atoms with Gasteiger partial charge in [0.1, 0.15) is 17.1 Å². The average molecular weight is 197 g/mol. The SMILES string of the molecule is C[C@H](N)c1c[nH]c2ncnc(Cl)c12. The zero-order valence-corrected chi connectivity index (χ0v) is 7.84. The van der Waals surface area contributed by atoms with Gasteiger partial charge in [0, 0.05) is 12.2 Å². The summed E-state index contributed by atoms with van der Waals surface area (Å²) >= 11 is 5.92. The third kappa shape index (κ3) is 1.28. The molecule has 0 fully saturated rings. The van der Waals surface area contributed by atoms with E-state index < -0.39 is 0 Å². The number of aromatic nitrogens is 3. The Bertz CT molecular complexity index is 435. The van der Waals surface area contributed by atoms with E-state index in [-0.39, 0.29) is 6.04 Å². The average Bonchev–Trinajstić information content (AvgIpc) is 2.49. The Morgan fingerprint density at radius 2 is 2.31 bits per heavy atom. The number of hydrogen-bond acceptors (Lipinski definition) is 3. The topological polar surface area (TPSA) is 67.6 Å². The molecule has 0 aromatic carbocycles. The summed E-state index contributed by atoms with van der Waals surface area (Å²) < 4.78 is 0. The molecule has 3 N–H and O–H groups in total. The van der Waals surface area contributed by atoms with Crippen LogP contribution in [0.5, 0.6) is 0 Å². The monoisotopic (exact) mass is 196 g/mol.